The lowest BCUT2D eigenvalue weighted by Gasteiger charge is -2.02. The van der Waals surface area contributed by atoms with E-state index < -0.39 is 0 Å². The minimum atomic E-state index is 0.122. The quantitative estimate of drug-likeness (QED) is 0.734. The molecular weight excluding hydrogens is 200 g/mol. The first-order valence-electron chi connectivity index (χ1n) is 5.24. The summed E-state index contributed by atoms with van der Waals surface area (Å²) in [5.41, 5.74) is 2.62. The van der Waals surface area contributed by atoms with Gasteiger partial charge in [-0.25, -0.2) is 0 Å². The lowest BCUT2D eigenvalue weighted by Crippen LogP contribution is -2.06. The smallest absolute Gasteiger partial charge is 0.169 e. The number of aromatic nitrogens is 2. The zero-order valence-electron chi connectivity index (χ0n) is 9.47. The molecule has 0 aliphatic carbocycles. The summed E-state index contributed by atoms with van der Waals surface area (Å²) in [5, 5.41) is 4.20. The fraction of sp³-hybridized carbons (Fsp3) is 0.231. The van der Waals surface area contributed by atoms with E-state index in [1.165, 1.54) is 0 Å². The number of benzene rings is 1. The van der Waals surface area contributed by atoms with E-state index >= 15 is 0 Å². The number of Topliss-reactive ketones (excluding diaryl/α,β-unsaturated/α-hetero) is 1. The molecule has 0 radical (unpaired) electrons. The van der Waals surface area contributed by atoms with Crippen molar-refractivity contribution in [2.24, 2.45) is 7.05 Å². The number of carbonyl (C=O) groups excluding carboxylic acids is 1. The van der Waals surface area contributed by atoms with Crippen LogP contribution in [0.1, 0.15) is 21.6 Å². The second-order valence-electron chi connectivity index (χ2n) is 3.90. The number of hydrogen-bond acceptors (Lipinski definition) is 2. The molecule has 2 aromatic rings. The van der Waals surface area contributed by atoms with Crippen molar-refractivity contribution in [3.63, 3.8) is 0 Å². The molecule has 2 rings (SSSR count). The van der Waals surface area contributed by atoms with E-state index in [2.05, 4.69) is 5.10 Å². The van der Waals surface area contributed by atoms with Gasteiger partial charge in [0.15, 0.2) is 5.78 Å². The van der Waals surface area contributed by atoms with Crippen LogP contribution in [0.3, 0.4) is 0 Å². The molecule has 0 saturated heterocycles. The number of ketones is 1. The topological polar surface area (TPSA) is 34.9 Å². The Bertz CT molecular complexity index is 514. The Labute approximate surface area is 94.7 Å². The van der Waals surface area contributed by atoms with E-state index in [1.807, 2.05) is 50.5 Å². The fourth-order valence-electron chi connectivity index (χ4n) is 1.70. The van der Waals surface area contributed by atoms with Crippen molar-refractivity contribution in [2.75, 3.05) is 0 Å². The van der Waals surface area contributed by atoms with Crippen molar-refractivity contribution >= 4 is 5.78 Å². The summed E-state index contributed by atoms with van der Waals surface area (Å²) < 4.78 is 1.71. The second kappa shape index (κ2) is 4.31. The molecule has 0 atom stereocenters. The predicted octanol–water partition coefficient (Wildman–Crippen LogP) is 2.15. The van der Waals surface area contributed by atoms with Crippen molar-refractivity contribution in [3.05, 3.63) is 53.3 Å². The van der Waals surface area contributed by atoms with Crippen LogP contribution in [0.4, 0.5) is 0 Å². The summed E-state index contributed by atoms with van der Waals surface area (Å²) in [4.78, 5) is 12.0. The van der Waals surface area contributed by atoms with E-state index in [1.54, 1.807) is 4.68 Å². The average Bonchev–Trinajstić information content (AvgIpc) is 2.64. The molecule has 0 N–H and O–H groups in total. The fourth-order valence-corrected chi connectivity index (χ4v) is 1.70. The second-order valence-corrected chi connectivity index (χ2v) is 3.90. The molecule has 82 valence electrons. The Morgan fingerprint density at radius 1 is 1.31 bits per heavy atom. The van der Waals surface area contributed by atoms with Crippen LogP contribution in [-0.2, 0) is 13.5 Å². The number of aryl methyl sites for hydroxylation is 2. The molecule has 16 heavy (non-hydrogen) atoms. The first-order chi connectivity index (χ1) is 7.66. The number of hydrogen-bond donors (Lipinski definition) is 0. The first-order valence-corrected chi connectivity index (χ1v) is 5.24. The van der Waals surface area contributed by atoms with Gasteiger partial charge < -0.3 is 0 Å². The van der Waals surface area contributed by atoms with Crippen LogP contribution in [0.25, 0.3) is 0 Å². The molecule has 1 aromatic carbocycles. The minimum Gasteiger partial charge on any atom is -0.294 e. The molecule has 3 nitrogen and oxygen atoms in total. The third-order valence-electron chi connectivity index (χ3n) is 2.56. The van der Waals surface area contributed by atoms with E-state index in [9.17, 15) is 4.79 Å². The van der Waals surface area contributed by atoms with E-state index in [0.717, 1.165) is 16.8 Å². The Morgan fingerprint density at radius 3 is 2.69 bits per heavy atom. The van der Waals surface area contributed by atoms with Gasteiger partial charge in [-0.1, -0.05) is 24.3 Å². The third kappa shape index (κ3) is 2.19. The molecule has 3 heteroatoms. The largest absolute Gasteiger partial charge is 0.294 e. The SMILES string of the molecule is Cc1ccccc1C(=O)Cc1ccn(C)n1. The highest BCUT2D eigenvalue weighted by atomic mass is 16.1. The molecular formula is C13H14N2O. The number of carbonyl (C=O) groups is 1. The van der Waals surface area contributed by atoms with Gasteiger partial charge in [-0.15, -0.1) is 0 Å². The van der Waals surface area contributed by atoms with Gasteiger partial charge in [0.25, 0.3) is 0 Å². The van der Waals surface area contributed by atoms with E-state index in [0.29, 0.717) is 6.42 Å². The summed E-state index contributed by atoms with van der Waals surface area (Å²) >= 11 is 0. The molecule has 1 aromatic heterocycles. The molecule has 0 aliphatic heterocycles. The monoisotopic (exact) mass is 214 g/mol. The van der Waals surface area contributed by atoms with Crippen LogP contribution < -0.4 is 0 Å². The predicted molar refractivity (Wildman–Crippen MR) is 62.4 cm³/mol. The summed E-state index contributed by atoms with van der Waals surface area (Å²) in [5.74, 6) is 0.122. The van der Waals surface area contributed by atoms with E-state index in [-0.39, 0.29) is 5.78 Å². The number of rotatable bonds is 3. The van der Waals surface area contributed by atoms with Gasteiger partial charge in [0.2, 0.25) is 0 Å². The maximum Gasteiger partial charge on any atom is 0.169 e. The van der Waals surface area contributed by atoms with Gasteiger partial charge in [0.1, 0.15) is 0 Å². The molecule has 1 heterocycles. The van der Waals surface area contributed by atoms with Gasteiger partial charge in [-0.05, 0) is 18.6 Å². The lowest BCUT2D eigenvalue weighted by molar-refractivity contribution is 0.0991. The van der Waals surface area contributed by atoms with Crippen LogP contribution in [0.5, 0.6) is 0 Å². The average molecular weight is 214 g/mol. The molecule has 0 unspecified atom stereocenters. The van der Waals surface area contributed by atoms with Crippen molar-refractivity contribution in [1.82, 2.24) is 9.78 Å². The summed E-state index contributed by atoms with van der Waals surface area (Å²) in [6, 6.07) is 9.51. The van der Waals surface area contributed by atoms with Gasteiger partial charge in [-0.2, -0.15) is 5.10 Å². The van der Waals surface area contributed by atoms with Crippen molar-refractivity contribution < 1.29 is 4.79 Å². The summed E-state index contributed by atoms with van der Waals surface area (Å²) in [6.45, 7) is 1.95. The van der Waals surface area contributed by atoms with Gasteiger partial charge in [0.05, 0.1) is 12.1 Å². The summed E-state index contributed by atoms with van der Waals surface area (Å²) in [7, 11) is 1.85. The highest BCUT2D eigenvalue weighted by molar-refractivity contribution is 5.98. The molecule has 0 spiro atoms. The number of nitrogens with zero attached hydrogens (tertiary/aromatic N) is 2. The standard InChI is InChI=1S/C13H14N2O/c1-10-5-3-4-6-12(10)13(16)9-11-7-8-15(2)14-11/h3-8H,9H2,1-2H3. The normalized spacial score (nSPS) is 10.4. The third-order valence-corrected chi connectivity index (χ3v) is 2.56. The van der Waals surface area contributed by atoms with Crippen LogP contribution in [0.15, 0.2) is 36.5 Å². The van der Waals surface area contributed by atoms with Crippen molar-refractivity contribution in [1.29, 1.82) is 0 Å². The Kier molecular flexibility index (Phi) is 2.86. The first kappa shape index (κ1) is 10.6. The van der Waals surface area contributed by atoms with Crippen molar-refractivity contribution in [2.45, 2.75) is 13.3 Å². The maximum atomic E-state index is 12.0. The van der Waals surface area contributed by atoms with Crippen LogP contribution in [0.2, 0.25) is 0 Å². The minimum absolute atomic E-state index is 0.122. The highest BCUT2D eigenvalue weighted by Crippen LogP contribution is 2.10. The van der Waals surface area contributed by atoms with Crippen LogP contribution in [-0.4, -0.2) is 15.6 Å². The summed E-state index contributed by atoms with van der Waals surface area (Å²) in [6.07, 6.45) is 2.21. The highest BCUT2D eigenvalue weighted by Gasteiger charge is 2.10. The Balaban J connectivity index is 2.18. The van der Waals surface area contributed by atoms with Crippen LogP contribution in [0, 0.1) is 6.92 Å². The molecule has 0 fully saturated rings. The Morgan fingerprint density at radius 2 is 2.06 bits per heavy atom. The van der Waals surface area contributed by atoms with Gasteiger partial charge in [0, 0.05) is 18.8 Å². The molecule has 0 bridgehead atoms. The lowest BCUT2D eigenvalue weighted by atomic mass is 10.0. The van der Waals surface area contributed by atoms with Gasteiger partial charge >= 0.3 is 0 Å². The zero-order chi connectivity index (χ0) is 11.5. The van der Waals surface area contributed by atoms with Crippen molar-refractivity contribution in [3.8, 4) is 0 Å². The van der Waals surface area contributed by atoms with Crippen LogP contribution >= 0.6 is 0 Å². The molecule has 0 aliphatic rings. The molecule has 0 saturated carbocycles. The van der Waals surface area contributed by atoms with Gasteiger partial charge in [-0.3, -0.25) is 9.48 Å². The van der Waals surface area contributed by atoms with E-state index in [4.69, 9.17) is 0 Å². The molecule has 0 amide bonds. The maximum absolute atomic E-state index is 12.0. The Hall–Kier alpha value is -1.90. The zero-order valence-corrected chi connectivity index (χ0v) is 9.47.